The van der Waals surface area contributed by atoms with E-state index in [0.717, 1.165) is 11.1 Å². The fourth-order valence-electron chi connectivity index (χ4n) is 7.34. The Balaban J connectivity index is 1.55. The Morgan fingerprint density at radius 2 is 1.88 bits per heavy atom. The van der Waals surface area contributed by atoms with E-state index < -0.39 is 46.0 Å². The van der Waals surface area contributed by atoms with Crippen LogP contribution in [0.1, 0.15) is 47.0 Å². The van der Waals surface area contributed by atoms with Gasteiger partial charge in [-0.05, 0) is 37.7 Å². The minimum Gasteiger partial charge on any atom is -0.460 e. The Morgan fingerprint density at radius 3 is 2.55 bits per heavy atom. The van der Waals surface area contributed by atoms with Crippen molar-refractivity contribution in [3.05, 3.63) is 48.0 Å². The van der Waals surface area contributed by atoms with E-state index in [-0.39, 0.29) is 24.9 Å². The van der Waals surface area contributed by atoms with Crippen molar-refractivity contribution in [1.29, 1.82) is 0 Å². The number of fused-ring (bicyclic) bond motifs is 5. The van der Waals surface area contributed by atoms with Gasteiger partial charge in [0.05, 0.1) is 19.1 Å². The molecule has 3 unspecified atom stereocenters. The second kappa shape index (κ2) is 7.06. The number of esters is 1. The Labute approximate surface area is 193 Å². The van der Waals surface area contributed by atoms with Gasteiger partial charge in [0.2, 0.25) is 0 Å². The lowest BCUT2D eigenvalue weighted by Gasteiger charge is -2.56. The van der Waals surface area contributed by atoms with Gasteiger partial charge in [-0.1, -0.05) is 50.1 Å². The van der Waals surface area contributed by atoms with Crippen molar-refractivity contribution in [2.75, 3.05) is 6.61 Å². The molecule has 0 aromatic rings. The molecule has 0 bridgehead atoms. The van der Waals surface area contributed by atoms with Gasteiger partial charge in [0.1, 0.15) is 18.1 Å². The summed E-state index contributed by atoms with van der Waals surface area (Å²) in [4.78, 5) is 25.5. The van der Waals surface area contributed by atoms with Crippen LogP contribution in [0.5, 0.6) is 0 Å². The number of carbonyl (C=O) groups is 2. The molecule has 33 heavy (non-hydrogen) atoms. The molecule has 7 nitrogen and oxygen atoms in total. The first-order valence-electron chi connectivity index (χ1n) is 11.8. The molecule has 1 heterocycles. The highest BCUT2D eigenvalue weighted by molar-refractivity contribution is 6.37. The van der Waals surface area contributed by atoms with E-state index in [9.17, 15) is 19.8 Å². The number of aliphatic hydroxyl groups is 2. The summed E-state index contributed by atoms with van der Waals surface area (Å²) in [5.74, 6) is -3.56. The number of hydrogen-bond acceptors (Lipinski definition) is 7. The topological polar surface area (TPSA) is 102 Å². The van der Waals surface area contributed by atoms with E-state index in [1.165, 1.54) is 0 Å². The van der Waals surface area contributed by atoms with E-state index in [2.05, 4.69) is 19.1 Å². The van der Waals surface area contributed by atoms with Gasteiger partial charge in [-0.3, -0.25) is 4.79 Å². The number of ketones is 1. The molecule has 1 aliphatic heterocycles. The van der Waals surface area contributed by atoms with Crippen LogP contribution in [0.4, 0.5) is 0 Å². The number of Topliss-reactive ketones (excluding diaryl/α,β-unsaturated/α-hetero) is 1. The number of carbonyl (C=O) groups excluding carboxylic acids is 2. The molecule has 2 saturated carbocycles. The maximum absolute atomic E-state index is 13.1. The van der Waals surface area contributed by atoms with Crippen molar-refractivity contribution in [3.8, 4) is 0 Å². The van der Waals surface area contributed by atoms with Gasteiger partial charge in [-0.25, -0.2) is 4.79 Å². The summed E-state index contributed by atoms with van der Waals surface area (Å²) in [6.45, 7) is 7.44. The van der Waals surface area contributed by atoms with E-state index in [1.54, 1.807) is 26.4 Å². The van der Waals surface area contributed by atoms with E-state index in [0.29, 0.717) is 12.8 Å². The van der Waals surface area contributed by atoms with Gasteiger partial charge in [0.15, 0.2) is 0 Å². The first kappa shape index (κ1) is 22.4. The summed E-state index contributed by atoms with van der Waals surface area (Å²) >= 11 is 0. The van der Waals surface area contributed by atoms with Crippen LogP contribution in [0.2, 0.25) is 0 Å². The van der Waals surface area contributed by atoms with Crippen LogP contribution in [0.3, 0.4) is 0 Å². The molecule has 0 aromatic carbocycles. The van der Waals surface area contributed by atoms with Crippen molar-refractivity contribution in [2.24, 2.45) is 28.6 Å². The predicted molar refractivity (Wildman–Crippen MR) is 118 cm³/mol. The molecule has 5 aliphatic rings. The van der Waals surface area contributed by atoms with Gasteiger partial charge < -0.3 is 24.4 Å². The van der Waals surface area contributed by atoms with Crippen molar-refractivity contribution in [1.82, 2.24) is 0 Å². The lowest BCUT2D eigenvalue weighted by atomic mass is 9.49. The number of ether oxygens (including phenoxy) is 3. The average molecular weight is 457 g/mol. The lowest BCUT2D eigenvalue weighted by molar-refractivity contribution is -0.178. The zero-order chi connectivity index (χ0) is 23.8. The number of allylic oxidation sites excluding steroid dienone is 3. The van der Waals surface area contributed by atoms with Gasteiger partial charge in [0.25, 0.3) is 11.6 Å². The van der Waals surface area contributed by atoms with Crippen molar-refractivity contribution in [2.45, 2.75) is 64.4 Å². The Bertz CT molecular complexity index is 1010. The minimum absolute atomic E-state index is 0.0632. The van der Waals surface area contributed by atoms with E-state index in [1.807, 2.05) is 19.1 Å². The second-order valence-corrected chi connectivity index (χ2v) is 10.6. The Kier molecular flexibility index (Phi) is 4.80. The Morgan fingerprint density at radius 1 is 1.18 bits per heavy atom. The standard InChI is InChI=1S/C26H32O7/c1-5-31-22(29)21(28)26(30)15(2)12-18-17-7-6-16-13-25(32-10-11-33-25)9-8-23(16,3)20(17)19(27)14-24(18,26)4/h6-11,15,18-20,27,30H,5,12-14H2,1-4H3/t15-,18?,19?,20?,23-,24-,26-/m0/s1. The second-order valence-electron chi connectivity index (χ2n) is 10.6. The third-order valence-corrected chi connectivity index (χ3v) is 9.05. The van der Waals surface area contributed by atoms with Gasteiger partial charge in [0, 0.05) is 16.7 Å². The van der Waals surface area contributed by atoms with Crippen LogP contribution >= 0.6 is 0 Å². The normalized spacial score (nSPS) is 44.1. The van der Waals surface area contributed by atoms with Gasteiger partial charge in [-0.2, -0.15) is 0 Å². The minimum atomic E-state index is -1.90. The molecular formula is C26H32O7. The predicted octanol–water partition coefficient (Wildman–Crippen LogP) is 2.94. The largest absolute Gasteiger partial charge is 0.460 e. The van der Waals surface area contributed by atoms with Gasteiger partial charge in [-0.15, -0.1) is 0 Å². The molecule has 1 spiro atoms. The molecule has 2 fully saturated rings. The summed E-state index contributed by atoms with van der Waals surface area (Å²) < 4.78 is 16.4. The zero-order valence-corrected chi connectivity index (χ0v) is 19.5. The SMILES string of the molecule is CCOC(=O)C(=O)[C@@]1(O)[C@@H](C)CC2C3=CC=C4CC5(C=C[C@]4(C)C3C(O)C[C@@]21C)OC=CO5. The maximum atomic E-state index is 13.1. The third-order valence-electron chi connectivity index (χ3n) is 9.05. The van der Waals surface area contributed by atoms with Crippen molar-refractivity contribution < 1.29 is 34.0 Å². The lowest BCUT2D eigenvalue weighted by Crippen LogP contribution is -2.61. The van der Waals surface area contributed by atoms with Gasteiger partial charge >= 0.3 is 5.97 Å². The van der Waals surface area contributed by atoms with E-state index in [4.69, 9.17) is 14.2 Å². The first-order valence-corrected chi connectivity index (χ1v) is 11.8. The molecule has 0 aromatic heterocycles. The van der Waals surface area contributed by atoms with Crippen molar-refractivity contribution in [3.63, 3.8) is 0 Å². The van der Waals surface area contributed by atoms with Crippen LogP contribution < -0.4 is 0 Å². The first-order chi connectivity index (χ1) is 15.5. The fraction of sp³-hybridized carbons (Fsp3) is 0.615. The van der Waals surface area contributed by atoms with Crippen LogP contribution in [-0.4, -0.2) is 46.1 Å². The summed E-state index contributed by atoms with van der Waals surface area (Å²) in [6.07, 6.45) is 11.7. The summed E-state index contributed by atoms with van der Waals surface area (Å²) in [5.41, 5.74) is -1.20. The highest BCUT2D eigenvalue weighted by Gasteiger charge is 2.70. The zero-order valence-electron chi connectivity index (χ0n) is 19.5. The van der Waals surface area contributed by atoms with Crippen LogP contribution in [0.15, 0.2) is 48.0 Å². The molecule has 2 N–H and O–H groups in total. The molecule has 5 rings (SSSR count). The summed E-state index contributed by atoms with van der Waals surface area (Å²) in [7, 11) is 0. The Hall–Kier alpha value is -2.38. The summed E-state index contributed by atoms with van der Waals surface area (Å²) in [6, 6.07) is 0. The molecule has 0 amide bonds. The fourth-order valence-corrected chi connectivity index (χ4v) is 7.34. The average Bonchev–Trinajstić information content (AvgIpc) is 3.30. The molecule has 178 valence electrons. The molecule has 0 saturated heterocycles. The number of rotatable bonds is 3. The third kappa shape index (κ3) is 2.75. The van der Waals surface area contributed by atoms with Crippen LogP contribution in [-0.2, 0) is 23.8 Å². The molecule has 7 atom stereocenters. The monoisotopic (exact) mass is 456 g/mol. The molecule has 4 aliphatic carbocycles. The number of aliphatic hydroxyl groups excluding tert-OH is 1. The molecular weight excluding hydrogens is 424 g/mol. The number of hydrogen-bond donors (Lipinski definition) is 2. The highest BCUT2D eigenvalue weighted by Crippen LogP contribution is 2.67. The van der Waals surface area contributed by atoms with E-state index >= 15 is 0 Å². The van der Waals surface area contributed by atoms with Crippen molar-refractivity contribution >= 4 is 11.8 Å². The summed E-state index contributed by atoms with van der Waals surface area (Å²) in [5, 5.41) is 23.3. The van der Waals surface area contributed by atoms with Crippen LogP contribution in [0.25, 0.3) is 0 Å². The molecule has 0 radical (unpaired) electrons. The smallest absolute Gasteiger partial charge is 0.377 e. The highest BCUT2D eigenvalue weighted by atomic mass is 16.7. The quantitative estimate of drug-likeness (QED) is 0.382. The van der Waals surface area contributed by atoms with Crippen LogP contribution in [0, 0.1) is 28.6 Å². The molecule has 7 heteroatoms. The maximum Gasteiger partial charge on any atom is 0.377 e.